The van der Waals surface area contributed by atoms with E-state index in [4.69, 9.17) is 18.9 Å². The summed E-state index contributed by atoms with van der Waals surface area (Å²) in [5.41, 5.74) is 6.28. The van der Waals surface area contributed by atoms with Crippen LogP contribution in [-0.4, -0.2) is 74.5 Å². The van der Waals surface area contributed by atoms with Crippen molar-refractivity contribution in [2.24, 2.45) is 0 Å². The van der Waals surface area contributed by atoms with E-state index >= 15 is 0 Å². The molecule has 0 aliphatic carbocycles. The summed E-state index contributed by atoms with van der Waals surface area (Å²) in [4.78, 5) is 18.7. The van der Waals surface area contributed by atoms with Gasteiger partial charge in [0.2, 0.25) is 5.91 Å². The number of carbonyl (C=O) groups excluding carboxylic acids is 1. The van der Waals surface area contributed by atoms with Crippen molar-refractivity contribution in [1.82, 2.24) is 9.80 Å². The highest BCUT2D eigenvalue weighted by Crippen LogP contribution is 2.54. The number of rotatable bonds is 7. The highest BCUT2D eigenvalue weighted by atomic mass is 16.5. The second kappa shape index (κ2) is 9.72. The summed E-state index contributed by atoms with van der Waals surface area (Å²) < 4.78 is 23.3. The van der Waals surface area contributed by atoms with Crippen LogP contribution in [-0.2, 0) is 17.6 Å². The summed E-state index contributed by atoms with van der Waals surface area (Å²) in [6.07, 6.45) is 1.68. The van der Waals surface area contributed by atoms with Crippen LogP contribution < -0.4 is 18.9 Å². The molecule has 3 heterocycles. The fourth-order valence-corrected chi connectivity index (χ4v) is 7.22. The van der Waals surface area contributed by atoms with E-state index < -0.39 is 0 Å². The molecule has 1 fully saturated rings. The molecule has 1 amide bonds. The molecule has 0 radical (unpaired) electrons. The molecule has 3 aliphatic rings. The molecule has 1 N–H and O–H groups in total. The number of amides is 1. The van der Waals surface area contributed by atoms with Crippen LogP contribution in [0.15, 0.2) is 12.1 Å². The standard InChI is InChI=1S/C29H38N2O6/c1-8-30-22-13-19-18(14-23(34-4)16(3)27(19)36-6)25(30)21-12-17-11-15(2)26(35-5)28(37-7)24(17)20(9-10-32)31(21)29(22)33/h11,14,20-22,25,32H,8-10,12-13H2,1-7H3/t20-,21-,22?,25?/m0/s1. The average molecular weight is 511 g/mol. The Labute approximate surface area is 219 Å². The Hall–Kier alpha value is -2.97. The van der Waals surface area contributed by atoms with Crippen molar-refractivity contribution in [3.8, 4) is 23.0 Å². The molecule has 2 aromatic carbocycles. The van der Waals surface area contributed by atoms with E-state index in [1.54, 1.807) is 28.4 Å². The molecule has 1 saturated heterocycles. The maximum absolute atomic E-state index is 14.3. The smallest absolute Gasteiger partial charge is 0.241 e. The van der Waals surface area contributed by atoms with Gasteiger partial charge in [0.15, 0.2) is 11.5 Å². The number of likely N-dealkylation sites (N-methyl/N-ethyl adjacent to an activating group) is 1. The Bertz CT molecular complexity index is 1230. The van der Waals surface area contributed by atoms with Gasteiger partial charge in [-0.3, -0.25) is 9.69 Å². The van der Waals surface area contributed by atoms with Crippen LogP contribution in [0, 0.1) is 13.8 Å². The lowest BCUT2D eigenvalue weighted by Gasteiger charge is -2.58. The molecule has 0 aromatic heterocycles. The van der Waals surface area contributed by atoms with Crippen molar-refractivity contribution < 1.29 is 28.8 Å². The number of fused-ring (bicyclic) bond motifs is 7. The fraction of sp³-hybridized carbons (Fsp3) is 0.552. The number of ether oxygens (including phenoxy) is 4. The second-order valence-corrected chi connectivity index (χ2v) is 10.2. The minimum atomic E-state index is -0.310. The Kier molecular flexibility index (Phi) is 6.75. The number of benzene rings is 2. The summed E-state index contributed by atoms with van der Waals surface area (Å²) in [6, 6.07) is 3.55. The van der Waals surface area contributed by atoms with Crippen molar-refractivity contribution in [2.45, 2.75) is 64.2 Å². The molecule has 0 spiro atoms. The number of carbonyl (C=O) groups is 1. The van der Waals surface area contributed by atoms with Crippen molar-refractivity contribution in [3.05, 3.63) is 45.5 Å². The maximum atomic E-state index is 14.3. The fourth-order valence-electron chi connectivity index (χ4n) is 7.22. The molecular weight excluding hydrogens is 472 g/mol. The topological polar surface area (TPSA) is 80.7 Å². The average Bonchev–Trinajstić information content (AvgIpc) is 2.89. The zero-order valence-electron chi connectivity index (χ0n) is 22.9. The lowest BCUT2D eigenvalue weighted by Crippen LogP contribution is -2.67. The van der Waals surface area contributed by atoms with Gasteiger partial charge in [-0.2, -0.15) is 0 Å². The normalized spacial score (nSPS) is 24.2. The molecule has 4 atom stereocenters. The van der Waals surface area contributed by atoms with Gasteiger partial charge in [0, 0.05) is 29.7 Å². The first-order valence-corrected chi connectivity index (χ1v) is 13.0. The molecular formula is C29H38N2O6. The third-order valence-electron chi connectivity index (χ3n) is 8.60. The SMILES string of the molecule is CCN1C2Cc3c(cc(OC)c(C)c3OC)C1[C@@H]1Cc3cc(C)c(OC)c(OC)c3[C@H](CCO)N1C2=O. The minimum absolute atomic E-state index is 0.0254. The van der Waals surface area contributed by atoms with Crippen LogP contribution in [0.5, 0.6) is 23.0 Å². The number of methoxy groups -OCH3 is 4. The van der Waals surface area contributed by atoms with E-state index in [0.717, 1.165) is 51.4 Å². The number of aryl methyl sites for hydroxylation is 1. The molecule has 200 valence electrons. The second-order valence-electron chi connectivity index (χ2n) is 10.2. The third kappa shape index (κ3) is 3.60. The number of aliphatic hydroxyl groups excluding tert-OH is 1. The Morgan fingerprint density at radius 2 is 1.68 bits per heavy atom. The molecule has 37 heavy (non-hydrogen) atoms. The van der Waals surface area contributed by atoms with Crippen molar-refractivity contribution in [1.29, 1.82) is 0 Å². The molecule has 2 bridgehead atoms. The van der Waals surface area contributed by atoms with Crippen molar-refractivity contribution in [3.63, 3.8) is 0 Å². The van der Waals surface area contributed by atoms with E-state index in [2.05, 4.69) is 24.0 Å². The summed E-state index contributed by atoms with van der Waals surface area (Å²) in [7, 11) is 6.65. The molecule has 0 saturated carbocycles. The molecule has 3 aliphatic heterocycles. The first kappa shape index (κ1) is 25.7. The van der Waals surface area contributed by atoms with Crippen LogP contribution in [0.3, 0.4) is 0 Å². The number of hydrogen-bond acceptors (Lipinski definition) is 7. The lowest BCUT2D eigenvalue weighted by molar-refractivity contribution is -0.158. The van der Waals surface area contributed by atoms with Crippen molar-refractivity contribution in [2.75, 3.05) is 41.6 Å². The number of hydrogen-bond donors (Lipinski definition) is 1. The maximum Gasteiger partial charge on any atom is 0.241 e. The van der Waals surface area contributed by atoms with Gasteiger partial charge in [0.05, 0.1) is 52.6 Å². The van der Waals surface area contributed by atoms with Gasteiger partial charge in [-0.1, -0.05) is 13.0 Å². The van der Waals surface area contributed by atoms with E-state index in [0.29, 0.717) is 30.8 Å². The predicted molar refractivity (Wildman–Crippen MR) is 140 cm³/mol. The van der Waals surface area contributed by atoms with Crippen LogP contribution >= 0.6 is 0 Å². The van der Waals surface area contributed by atoms with E-state index in [-0.39, 0.29) is 36.7 Å². The van der Waals surface area contributed by atoms with Gasteiger partial charge < -0.3 is 29.0 Å². The Morgan fingerprint density at radius 3 is 2.27 bits per heavy atom. The molecule has 5 rings (SSSR count). The van der Waals surface area contributed by atoms with E-state index in [9.17, 15) is 9.90 Å². The third-order valence-corrected chi connectivity index (χ3v) is 8.60. The van der Waals surface area contributed by atoms with Crippen molar-refractivity contribution >= 4 is 5.91 Å². The van der Waals surface area contributed by atoms with Gasteiger partial charge in [-0.15, -0.1) is 0 Å². The van der Waals surface area contributed by atoms with Gasteiger partial charge in [0.25, 0.3) is 0 Å². The highest BCUT2D eigenvalue weighted by molar-refractivity contribution is 5.86. The van der Waals surface area contributed by atoms with Gasteiger partial charge in [0.1, 0.15) is 11.5 Å². The number of aliphatic hydroxyl groups is 1. The van der Waals surface area contributed by atoms with Gasteiger partial charge in [-0.05, 0) is 56.0 Å². The molecule has 8 heteroatoms. The van der Waals surface area contributed by atoms with E-state index in [1.807, 2.05) is 18.7 Å². The molecule has 8 nitrogen and oxygen atoms in total. The summed E-state index contributed by atoms with van der Waals surface area (Å²) >= 11 is 0. The Balaban J connectivity index is 1.76. The largest absolute Gasteiger partial charge is 0.496 e. The predicted octanol–water partition coefficient (Wildman–Crippen LogP) is 3.52. The molecule has 2 unspecified atom stereocenters. The van der Waals surface area contributed by atoms with Crippen LogP contribution in [0.1, 0.15) is 58.8 Å². The first-order chi connectivity index (χ1) is 17.9. The Morgan fingerprint density at radius 1 is 0.973 bits per heavy atom. The zero-order valence-corrected chi connectivity index (χ0v) is 22.9. The summed E-state index contributed by atoms with van der Waals surface area (Å²) in [5, 5.41) is 10.1. The zero-order chi connectivity index (χ0) is 26.6. The van der Waals surface area contributed by atoms with Gasteiger partial charge >= 0.3 is 0 Å². The van der Waals surface area contributed by atoms with E-state index in [1.165, 1.54) is 0 Å². The molecule has 2 aromatic rings. The summed E-state index contributed by atoms with van der Waals surface area (Å²) in [6.45, 7) is 6.86. The van der Waals surface area contributed by atoms with Gasteiger partial charge in [-0.25, -0.2) is 0 Å². The number of nitrogens with zero attached hydrogens (tertiary/aromatic N) is 2. The van der Waals surface area contributed by atoms with Crippen LogP contribution in [0.4, 0.5) is 0 Å². The number of piperazine rings is 1. The van der Waals surface area contributed by atoms with Crippen LogP contribution in [0.2, 0.25) is 0 Å². The summed E-state index contributed by atoms with van der Waals surface area (Å²) in [5.74, 6) is 3.03. The highest BCUT2D eigenvalue weighted by Gasteiger charge is 2.55. The minimum Gasteiger partial charge on any atom is -0.496 e. The first-order valence-electron chi connectivity index (χ1n) is 13.0. The quantitative estimate of drug-likeness (QED) is 0.611. The monoisotopic (exact) mass is 510 g/mol. The van der Waals surface area contributed by atoms with Crippen LogP contribution in [0.25, 0.3) is 0 Å². The lowest BCUT2D eigenvalue weighted by atomic mass is 9.73.